The van der Waals surface area contributed by atoms with Crippen LogP contribution in [0.2, 0.25) is 0 Å². The van der Waals surface area contributed by atoms with Crippen LogP contribution in [0.3, 0.4) is 0 Å². The maximum absolute atomic E-state index is 9.87. The van der Waals surface area contributed by atoms with E-state index in [0.29, 0.717) is 0 Å². The fourth-order valence-electron chi connectivity index (χ4n) is 0.211. The Balaban J connectivity index is 0. The van der Waals surface area contributed by atoms with Crippen molar-refractivity contribution >= 4 is 10.1 Å². The van der Waals surface area contributed by atoms with Crippen LogP contribution in [0.15, 0.2) is 12.7 Å². The zero-order valence-electron chi connectivity index (χ0n) is 6.84. The van der Waals surface area contributed by atoms with Gasteiger partial charge in [0.2, 0.25) is 0 Å². The Bertz CT molecular complexity index is 196. The molecule has 1 atom stereocenters. The lowest BCUT2D eigenvalue weighted by atomic mass is 10.5. The topological polar surface area (TPSA) is 94.8 Å². The van der Waals surface area contributed by atoms with Crippen molar-refractivity contribution in [2.75, 3.05) is 6.61 Å². The molecule has 0 rings (SSSR count). The minimum absolute atomic E-state index is 0.0127. The summed E-state index contributed by atoms with van der Waals surface area (Å²) in [6, 6.07) is 0. The summed E-state index contributed by atoms with van der Waals surface area (Å²) in [6.07, 6.45) is 1.44. The second-order valence-corrected chi connectivity index (χ2v) is 3.42. The Morgan fingerprint density at radius 1 is 1.58 bits per heavy atom. The van der Waals surface area contributed by atoms with Gasteiger partial charge in [-0.1, -0.05) is 13.0 Å². The summed E-state index contributed by atoms with van der Waals surface area (Å²) in [6.45, 7) is 4.77. The normalized spacial score (nSPS) is 12.7. The molecule has 0 bridgehead atoms. The molecule has 0 aliphatic heterocycles. The van der Waals surface area contributed by atoms with E-state index in [-0.39, 0.29) is 13.0 Å². The third-order valence-electron chi connectivity index (χ3n) is 0.822. The van der Waals surface area contributed by atoms with Crippen molar-refractivity contribution in [1.29, 1.82) is 0 Å². The first-order chi connectivity index (χ1) is 5.40. The number of rotatable bonds is 3. The minimum atomic E-state index is -4.20. The van der Waals surface area contributed by atoms with Gasteiger partial charge in [0.1, 0.15) is 0 Å². The molecular weight excluding hydrogens is 184 g/mol. The second-order valence-electron chi connectivity index (χ2n) is 1.85. The first-order valence-electron chi connectivity index (χ1n) is 3.26. The van der Waals surface area contributed by atoms with Crippen LogP contribution in [0.4, 0.5) is 0 Å². The van der Waals surface area contributed by atoms with E-state index in [4.69, 9.17) is 14.8 Å². The molecule has 0 radical (unpaired) electrons. The molecule has 0 aliphatic carbocycles. The average molecular weight is 198 g/mol. The maximum atomic E-state index is 9.87. The van der Waals surface area contributed by atoms with Crippen molar-refractivity contribution in [1.82, 2.24) is 0 Å². The van der Waals surface area contributed by atoms with Crippen molar-refractivity contribution in [3.05, 3.63) is 12.7 Å². The zero-order chi connectivity index (χ0) is 10.2. The van der Waals surface area contributed by atoms with Crippen molar-refractivity contribution in [3.63, 3.8) is 0 Å². The number of hydrogen-bond donors (Lipinski definition) is 3. The summed E-state index contributed by atoms with van der Waals surface area (Å²) >= 11 is 0. The molecule has 0 aromatic rings. The average Bonchev–Trinajstić information content (AvgIpc) is 2.02. The van der Waals surface area contributed by atoms with Crippen molar-refractivity contribution in [2.45, 2.75) is 18.8 Å². The summed E-state index contributed by atoms with van der Waals surface area (Å²) in [5.74, 6) is 0. The molecule has 74 valence electrons. The van der Waals surface area contributed by atoms with Crippen LogP contribution >= 0.6 is 0 Å². The highest BCUT2D eigenvalue weighted by Crippen LogP contribution is 1.96. The molecule has 0 fully saturated rings. The fourth-order valence-corrected chi connectivity index (χ4v) is 0.632. The zero-order valence-corrected chi connectivity index (χ0v) is 7.66. The van der Waals surface area contributed by atoms with Gasteiger partial charge in [0.15, 0.2) is 5.44 Å². The Kier molecular flexibility index (Phi) is 8.51. The molecule has 5 nitrogen and oxygen atoms in total. The molecule has 0 heterocycles. The van der Waals surface area contributed by atoms with Crippen LogP contribution in [-0.4, -0.2) is 35.2 Å². The molecule has 1 unspecified atom stereocenters. The van der Waals surface area contributed by atoms with Gasteiger partial charge < -0.3 is 10.2 Å². The van der Waals surface area contributed by atoms with Gasteiger partial charge in [-0.25, -0.2) is 0 Å². The van der Waals surface area contributed by atoms with Crippen LogP contribution < -0.4 is 0 Å². The highest BCUT2D eigenvalue weighted by molar-refractivity contribution is 7.86. The number of aliphatic hydroxyl groups is 2. The van der Waals surface area contributed by atoms with E-state index in [9.17, 15) is 8.42 Å². The van der Waals surface area contributed by atoms with Crippen LogP contribution in [0.5, 0.6) is 0 Å². The van der Waals surface area contributed by atoms with Crippen molar-refractivity contribution in [2.24, 2.45) is 0 Å². The summed E-state index contributed by atoms with van der Waals surface area (Å²) in [5, 5.41) is 16.1. The van der Waals surface area contributed by atoms with Gasteiger partial charge in [-0.2, -0.15) is 8.42 Å². The van der Waals surface area contributed by atoms with E-state index in [0.717, 1.165) is 0 Å². The summed E-state index contributed by atoms with van der Waals surface area (Å²) < 4.78 is 27.7. The summed E-state index contributed by atoms with van der Waals surface area (Å²) in [7, 11) is -4.20. The van der Waals surface area contributed by atoms with Gasteiger partial charge in [-0.15, -0.1) is 6.58 Å². The Hall–Kier alpha value is -0.430. The lowest BCUT2D eigenvalue weighted by Gasteiger charge is -1.99. The van der Waals surface area contributed by atoms with E-state index >= 15 is 0 Å². The quantitative estimate of drug-likeness (QED) is 0.430. The van der Waals surface area contributed by atoms with Gasteiger partial charge >= 0.3 is 0 Å². The molecule has 0 aliphatic rings. The standard InChI is InChI=1S/C3H8O4S.C3H6O/c1-2-3(4)8(5,6)7;1-2-3-4/h3-4H,2H2,1H3,(H,5,6,7);2,4H,1,3H2. The van der Waals surface area contributed by atoms with Gasteiger partial charge in [0.25, 0.3) is 10.1 Å². The smallest absolute Gasteiger partial charge is 0.291 e. The van der Waals surface area contributed by atoms with Crippen LogP contribution in [0, 0.1) is 0 Å². The highest BCUT2D eigenvalue weighted by atomic mass is 32.2. The molecule has 3 N–H and O–H groups in total. The largest absolute Gasteiger partial charge is 0.392 e. The molecule has 0 saturated carbocycles. The number of hydrogen-bond acceptors (Lipinski definition) is 4. The van der Waals surface area contributed by atoms with Crippen LogP contribution in [0.1, 0.15) is 13.3 Å². The van der Waals surface area contributed by atoms with Gasteiger partial charge in [-0.3, -0.25) is 4.55 Å². The monoisotopic (exact) mass is 198 g/mol. The van der Waals surface area contributed by atoms with E-state index < -0.39 is 15.6 Å². The molecule has 0 aromatic carbocycles. The second kappa shape index (κ2) is 7.23. The molecule has 0 amide bonds. The summed E-state index contributed by atoms with van der Waals surface area (Å²) in [4.78, 5) is 0. The van der Waals surface area contributed by atoms with Crippen LogP contribution in [0.25, 0.3) is 0 Å². The van der Waals surface area contributed by atoms with Gasteiger partial charge in [0, 0.05) is 0 Å². The SMILES string of the molecule is C=CCO.CCC(O)S(=O)(=O)O. The minimum Gasteiger partial charge on any atom is -0.392 e. The Morgan fingerprint density at radius 3 is 1.92 bits per heavy atom. The van der Waals surface area contributed by atoms with Gasteiger partial charge in [-0.05, 0) is 6.42 Å². The maximum Gasteiger partial charge on any atom is 0.291 e. The molecule has 12 heavy (non-hydrogen) atoms. The van der Waals surface area contributed by atoms with E-state index in [1.54, 1.807) is 0 Å². The summed E-state index contributed by atoms with van der Waals surface area (Å²) in [5.41, 5.74) is -1.62. The van der Waals surface area contributed by atoms with E-state index in [1.165, 1.54) is 13.0 Å². The third-order valence-corrected chi connectivity index (χ3v) is 1.84. The molecule has 0 spiro atoms. The predicted octanol–water partition coefficient (Wildman–Crippen LogP) is -0.233. The van der Waals surface area contributed by atoms with E-state index in [1.807, 2.05) is 0 Å². The fraction of sp³-hybridized carbons (Fsp3) is 0.667. The molecular formula is C6H14O5S. The van der Waals surface area contributed by atoms with Crippen LogP contribution in [-0.2, 0) is 10.1 Å². The lowest BCUT2D eigenvalue weighted by Crippen LogP contribution is -2.17. The Morgan fingerprint density at radius 2 is 1.92 bits per heavy atom. The predicted molar refractivity (Wildman–Crippen MR) is 45.1 cm³/mol. The third kappa shape index (κ3) is 9.57. The molecule has 6 heteroatoms. The molecule has 0 aromatic heterocycles. The molecule has 0 saturated heterocycles. The Labute approximate surface area is 72.1 Å². The highest BCUT2D eigenvalue weighted by Gasteiger charge is 2.15. The lowest BCUT2D eigenvalue weighted by molar-refractivity contribution is 0.229. The van der Waals surface area contributed by atoms with Gasteiger partial charge in [0.05, 0.1) is 6.61 Å². The number of aliphatic hydroxyl groups excluding tert-OH is 2. The first-order valence-corrected chi connectivity index (χ1v) is 4.76. The first kappa shape index (κ1) is 14.1. The van der Waals surface area contributed by atoms with E-state index in [2.05, 4.69) is 6.58 Å². The van der Waals surface area contributed by atoms with Crippen molar-refractivity contribution in [3.8, 4) is 0 Å². The van der Waals surface area contributed by atoms with Crippen molar-refractivity contribution < 1.29 is 23.2 Å².